The van der Waals surface area contributed by atoms with Crippen LogP contribution in [0.1, 0.15) is 12.5 Å². The maximum atomic E-state index is 12.2. The molecule has 1 heterocycles. The molecule has 0 spiro atoms. The van der Waals surface area contributed by atoms with Crippen LogP contribution >= 0.6 is 23.2 Å². The molecule has 0 aliphatic heterocycles. The van der Waals surface area contributed by atoms with E-state index in [9.17, 15) is 9.00 Å². The van der Waals surface area contributed by atoms with Crippen molar-refractivity contribution in [1.29, 1.82) is 0 Å². The van der Waals surface area contributed by atoms with Gasteiger partial charge in [-0.2, -0.15) is 0 Å². The van der Waals surface area contributed by atoms with Gasteiger partial charge in [0.05, 0.1) is 10.8 Å². The molecule has 2 aromatic carbocycles. The molecule has 0 bridgehead atoms. The molecule has 3 rings (SSSR count). The molecule has 0 aliphatic rings. The van der Waals surface area contributed by atoms with E-state index in [2.05, 4.69) is 4.98 Å². The van der Waals surface area contributed by atoms with Gasteiger partial charge >= 0.3 is 5.97 Å². The van der Waals surface area contributed by atoms with Crippen LogP contribution in [0.25, 0.3) is 0 Å². The quantitative estimate of drug-likeness (QED) is 0.350. The maximum absolute atomic E-state index is 12.2. The van der Waals surface area contributed by atoms with E-state index >= 15 is 0 Å². The Morgan fingerprint density at radius 1 is 1.06 bits per heavy atom. The summed E-state index contributed by atoms with van der Waals surface area (Å²) in [5.74, 6) is 1.34. The number of hydrogen-bond donors (Lipinski definition) is 0. The van der Waals surface area contributed by atoms with E-state index < -0.39 is 22.9 Å². The van der Waals surface area contributed by atoms with E-state index in [1.54, 1.807) is 31.2 Å². The van der Waals surface area contributed by atoms with Gasteiger partial charge < -0.3 is 14.2 Å². The second-order valence-corrected chi connectivity index (χ2v) is 9.14. The first-order valence-electron chi connectivity index (χ1n) is 9.72. The average molecular weight is 494 g/mol. The van der Waals surface area contributed by atoms with Crippen LogP contribution in [0.4, 0.5) is 0 Å². The molecule has 2 atom stereocenters. The lowest BCUT2D eigenvalue weighted by molar-refractivity contribution is -0.150. The number of halogens is 2. The normalized spacial score (nSPS) is 12.6. The second kappa shape index (κ2) is 11.9. The Labute approximate surface area is 198 Å². The molecule has 0 radical (unpaired) electrons. The number of ether oxygens (including phenoxy) is 3. The molecule has 32 heavy (non-hydrogen) atoms. The largest absolute Gasteiger partial charge is 0.479 e. The molecule has 0 fully saturated rings. The van der Waals surface area contributed by atoms with Gasteiger partial charge in [-0.25, -0.2) is 9.78 Å². The Hall–Kier alpha value is -2.61. The Morgan fingerprint density at radius 2 is 1.75 bits per heavy atom. The van der Waals surface area contributed by atoms with E-state index in [0.29, 0.717) is 27.3 Å². The maximum Gasteiger partial charge on any atom is 0.347 e. The van der Waals surface area contributed by atoms with Crippen molar-refractivity contribution >= 4 is 40.0 Å². The van der Waals surface area contributed by atoms with Gasteiger partial charge in [0.25, 0.3) is 0 Å². The third-order valence-electron chi connectivity index (χ3n) is 4.18. The summed E-state index contributed by atoms with van der Waals surface area (Å²) in [6, 6.07) is 17.7. The van der Waals surface area contributed by atoms with Gasteiger partial charge in [-0.05, 0) is 42.8 Å². The fourth-order valence-electron chi connectivity index (χ4n) is 2.61. The first-order valence-corrected chi connectivity index (χ1v) is 12.0. The van der Waals surface area contributed by atoms with Gasteiger partial charge in [0.1, 0.15) is 23.1 Å². The Balaban J connectivity index is 1.43. The summed E-state index contributed by atoms with van der Waals surface area (Å²) in [6.07, 6.45) is 0.613. The Bertz CT molecular complexity index is 1060. The van der Waals surface area contributed by atoms with E-state index in [4.69, 9.17) is 37.4 Å². The molecule has 1 aromatic heterocycles. The average Bonchev–Trinajstić information content (AvgIpc) is 2.77. The minimum Gasteiger partial charge on any atom is -0.479 e. The van der Waals surface area contributed by atoms with Crippen LogP contribution in [0, 0.1) is 0 Å². The summed E-state index contributed by atoms with van der Waals surface area (Å²) in [6.45, 7) is 1.65. The zero-order valence-electron chi connectivity index (χ0n) is 17.2. The summed E-state index contributed by atoms with van der Waals surface area (Å²) in [5.41, 5.74) is 0.982. The van der Waals surface area contributed by atoms with Gasteiger partial charge in [-0.1, -0.05) is 53.5 Å². The van der Waals surface area contributed by atoms with Crippen LogP contribution in [0.5, 0.6) is 17.4 Å². The van der Waals surface area contributed by atoms with Crippen LogP contribution in [0.15, 0.2) is 66.9 Å². The lowest BCUT2D eigenvalue weighted by atomic mass is 10.2. The third kappa shape index (κ3) is 7.51. The topological polar surface area (TPSA) is 74.7 Å². The predicted molar refractivity (Wildman–Crippen MR) is 125 cm³/mol. The summed E-state index contributed by atoms with van der Waals surface area (Å²) in [7, 11) is -1.12. The zero-order valence-corrected chi connectivity index (χ0v) is 19.5. The van der Waals surface area contributed by atoms with Gasteiger partial charge in [-0.3, -0.25) is 4.21 Å². The standard InChI is InChI=1S/C23H21Cl2NO5S/c1-16(23(27)29-11-12-32(28)15-17-5-3-2-4-6-17)30-19-7-9-20(10-8-19)31-22-21(25)13-18(24)14-26-22/h2-10,13-14,16H,11-12,15H2,1H3. The minimum atomic E-state index is -1.12. The molecule has 0 amide bonds. The number of nitrogens with zero attached hydrogens (tertiary/aromatic N) is 1. The molecule has 0 saturated carbocycles. The highest BCUT2D eigenvalue weighted by Crippen LogP contribution is 2.30. The fraction of sp³-hybridized carbons (Fsp3) is 0.217. The van der Waals surface area contributed by atoms with E-state index in [1.807, 2.05) is 30.3 Å². The van der Waals surface area contributed by atoms with Crippen LogP contribution in [0.3, 0.4) is 0 Å². The second-order valence-electron chi connectivity index (χ2n) is 6.72. The molecule has 9 heteroatoms. The smallest absolute Gasteiger partial charge is 0.347 e. The lowest BCUT2D eigenvalue weighted by Crippen LogP contribution is -2.27. The molecular formula is C23H21Cl2NO5S. The Kier molecular flexibility index (Phi) is 8.90. The van der Waals surface area contributed by atoms with Crippen molar-refractivity contribution in [2.45, 2.75) is 18.8 Å². The van der Waals surface area contributed by atoms with Gasteiger partial charge in [-0.15, -0.1) is 0 Å². The highest BCUT2D eigenvalue weighted by molar-refractivity contribution is 7.84. The predicted octanol–water partition coefficient (Wildman–Crippen LogP) is 5.44. The minimum absolute atomic E-state index is 0.0631. The number of pyridine rings is 1. The molecule has 0 N–H and O–H groups in total. The van der Waals surface area contributed by atoms with Gasteiger partial charge in [0.15, 0.2) is 6.10 Å². The summed E-state index contributed by atoms with van der Waals surface area (Å²) < 4.78 is 28.5. The molecule has 3 aromatic rings. The number of rotatable bonds is 10. The highest BCUT2D eigenvalue weighted by Gasteiger charge is 2.17. The van der Waals surface area contributed by atoms with Crippen molar-refractivity contribution in [3.8, 4) is 17.4 Å². The van der Waals surface area contributed by atoms with E-state index in [0.717, 1.165) is 5.56 Å². The number of aromatic nitrogens is 1. The summed E-state index contributed by atoms with van der Waals surface area (Å²) >= 11 is 11.9. The van der Waals surface area contributed by atoms with Crippen LogP contribution in [-0.4, -0.2) is 33.6 Å². The molecule has 0 aliphatic carbocycles. The monoisotopic (exact) mass is 493 g/mol. The fourth-order valence-corrected chi connectivity index (χ4v) is 4.01. The summed E-state index contributed by atoms with van der Waals surface area (Å²) in [5, 5.41) is 0.702. The number of benzene rings is 2. The molecular weight excluding hydrogens is 473 g/mol. The number of esters is 1. The number of carbonyl (C=O) groups is 1. The van der Waals surface area contributed by atoms with Crippen molar-refractivity contribution in [2.75, 3.05) is 12.4 Å². The van der Waals surface area contributed by atoms with Crippen LogP contribution in [0.2, 0.25) is 10.0 Å². The number of hydrogen-bond acceptors (Lipinski definition) is 6. The van der Waals surface area contributed by atoms with Crippen molar-refractivity contribution in [3.63, 3.8) is 0 Å². The van der Waals surface area contributed by atoms with Crippen LogP contribution < -0.4 is 9.47 Å². The first-order chi connectivity index (χ1) is 15.4. The SMILES string of the molecule is CC(Oc1ccc(Oc2ncc(Cl)cc2Cl)cc1)C(=O)OCCS(=O)Cc1ccccc1. The van der Waals surface area contributed by atoms with E-state index in [1.165, 1.54) is 12.3 Å². The van der Waals surface area contributed by atoms with Gasteiger partial charge in [0.2, 0.25) is 5.88 Å². The molecule has 0 saturated heterocycles. The highest BCUT2D eigenvalue weighted by atomic mass is 35.5. The van der Waals surface area contributed by atoms with Crippen molar-refractivity contribution in [3.05, 3.63) is 82.5 Å². The molecule has 2 unspecified atom stereocenters. The van der Waals surface area contributed by atoms with Gasteiger partial charge in [0, 0.05) is 22.7 Å². The first kappa shape index (κ1) is 24.0. The summed E-state index contributed by atoms with van der Waals surface area (Å²) in [4.78, 5) is 16.2. The number of carbonyl (C=O) groups excluding carboxylic acids is 1. The van der Waals surface area contributed by atoms with Crippen molar-refractivity contribution < 1.29 is 23.2 Å². The van der Waals surface area contributed by atoms with E-state index in [-0.39, 0.29) is 18.2 Å². The third-order valence-corrected chi connectivity index (χ3v) is 5.94. The molecule has 168 valence electrons. The Morgan fingerprint density at radius 3 is 2.44 bits per heavy atom. The van der Waals surface area contributed by atoms with Crippen molar-refractivity contribution in [2.24, 2.45) is 0 Å². The molecule has 6 nitrogen and oxygen atoms in total. The van der Waals surface area contributed by atoms with Crippen molar-refractivity contribution in [1.82, 2.24) is 4.98 Å². The van der Waals surface area contributed by atoms with Crippen LogP contribution in [-0.2, 0) is 26.1 Å². The zero-order chi connectivity index (χ0) is 22.9. The lowest BCUT2D eigenvalue weighted by Gasteiger charge is -2.14.